The molecule has 5 aromatic heterocycles. The van der Waals surface area contributed by atoms with Crippen LogP contribution in [0, 0.1) is 29.6 Å². The fourth-order valence-corrected chi connectivity index (χ4v) is 12.8. The third-order valence-electron chi connectivity index (χ3n) is 19.4. The van der Waals surface area contributed by atoms with Crippen molar-refractivity contribution in [1.82, 2.24) is 49.8 Å². The number of hydrogen-bond donors (Lipinski definition) is 20. The molecule has 0 spiro atoms. The molecule has 5 heterocycles. The molecule has 16 atom stereocenters. The number of amides is 5. The number of nitrogens with one attached hydrogen (secondary N) is 10. The molecular weight excluding hydrogens is 1470 g/mol. The first-order valence-corrected chi connectivity index (χ1v) is 37.2. The van der Waals surface area contributed by atoms with Crippen LogP contribution in [0.4, 0.5) is 58.8 Å². The highest BCUT2D eigenvalue weighted by Gasteiger charge is 2.34. The van der Waals surface area contributed by atoms with Gasteiger partial charge in [0, 0.05) is 137 Å². The van der Waals surface area contributed by atoms with Crippen molar-refractivity contribution in [1.29, 1.82) is 0 Å². The van der Waals surface area contributed by atoms with Gasteiger partial charge in [0.2, 0.25) is 29.7 Å². The normalized spacial score (nSPS) is 31.0. The average molecular weight is 1640 g/mol. The Hall–Kier alpha value is -9.45. The highest BCUT2D eigenvalue weighted by molar-refractivity contribution is 6.00. The monoisotopic (exact) mass is 1640 g/mol. The topological polar surface area (TPSA) is 566 Å². The van der Waals surface area contributed by atoms with Crippen molar-refractivity contribution in [3.63, 3.8) is 0 Å². The lowest BCUT2D eigenvalue weighted by Gasteiger charge is -2.32. The first kappa shape index (κ1) is 54.5. The number of carbonyl (C=O) groups is 5. The van der Waals surface area contributed by atoms with Crippen molar-refractivity contribution >= 4 is 88.4 Å². The lowest BCUT2D eigenvalue weighted by molar-refractivity contribution is 0.0737. The van der Waals surface area contributed by atoms with Crippen LogP contribution < -0.4 is 81.8 Å². The lowest BCUT2D eigenvalue weighted by atomic mass is 9.85. The van der Waals surface area contributed by atoms with Crippen molar-refractivity contribution in [2.75, 3.05) is 53.2 Å². The second-order valence-corrected chi connectivity index (χ2v) is 30.5. The highest BCUT2D eigenvalue weighted by Crippen LogP contribution is 2.34. The Bertz CT molecular complexity index is 5300. The van der Waals surface area contributed by atoms with E-state index in [1.807, 2.05) is 39.9 Å². The van der Waals surface area contributed by atoms with E-state index in [1.165, 1.54) is 13.1 Å². The Balaban J connectivity index is 0.000000286. The first-order chi connectivity index (χ1) is 68.2. The zero-order chi connectivity index (χ0) is 115. The third kappa shape index (κ3) is 31.9. The van der Waals surface area contributed by atoms with Gasteiger partial charge in [-0.2, -0.15) is 24.9 Å². The minimum Gasteiger partial charge on any atom is -0.393 e. The minimum absolute atomic E-state index is 0.00159. The van der Waals surface area contributed by atoms with Crippen molar-refractivity contribution in [2.24, 2.45) is 58.3 Å². The number of anilines is 10. The fraction of sp³-hybridized carbons (Fsp3) is 0.688. The summed E-state index contributed by atoms with van der Waals surface area (Å²) in [6.07, 6.45) is 11.9. The van der Waals surface area contributed by atoms with Gasteiger partial charge in [-0.05, 0) is 229 Å². The van der Waals surface area contributed by atoms with E-state index in [4.69, 9.17) is 76.6 Å². The van der Waals surface area contributed by atoms with Gasteiger partial charge < -0.3 is 107 Å². The summed E-state index contributed by atoms with van der Waals surface area (Å²) in [5, 5.41) is 77.1. The van der Waals surface area contributed by atoms with E-state index in [9.17, 15) is 49.5 Å². The molecule has 0 saturated heterocycles. The number of aliphatic hydroxyl groups is 5. The van der Waals surface area contributed by atoms with Crippen LogP contribution in [0.2, 0.25) is 0 Å². The molecule has 0 aromatic carbocycles. The predicted molar refractivity (Wildman–Crippen MR) is 452 cm³/mol. The Labute approximate surface area is 727 Å². The molecule has 0 bridgehead atoms. The van der Waals surface area contributed by atoms with Gasteiger partial charge in [-0.15, -0.1) is 0 Å². The van der Waals surface area contributed by atoms with Crippen LogP contribution in [0.5, 0.6) is 0 Å². The molecule has 5 aliphatic carbocycles. The van der Waals surface area contributed by atoms with Gasteiger partial charge in [0.15, 0.2) is 0 Å². The SMILES string of the molecule is [2H]C([2H])([2H])C(C)(Nc1ncc(C(N)=O)c(NC2CCC(C)C(O)C2)n1)C([2H])([2H])[2H].[2H]C([2H])([2H])C(Nc1ncc(C(N)=O)c(NC2CCC(C)C(O)C2)n1)(C([2H])([2H])[2H])C([2H])([2H])[2H].[2H]C([2H])C(C)(Nc1ncc(C(N)=O)c(NC2CCC(C)C(O)C2)n1)C([2H])([2H])[2H].[2H]C([2H])C(Nc1ncc(C(N)=O)c(NC2CCC(C)C(O)C2)n1)(C([2H])([2H])[2H])C([2H])([2H])[2H].[2H]CC(Nc1ncc(C(N)=O)c(NC2CCC(C)C(O)C2)n1)(C([2H])([2H])[2H])C([2H])([2H])[2H]. The molecule has 35 heteroatoms. The second kappa shape index (κ2) is 40.9. The van der Waals surface area contributed by atoms with Crippen LogP contribution >= 0.6 is 0 Å². The Morgan fingerprint density at radius 3 is 0.713 bits per heavy atom. The first-order valence-electron chi connectivity index (χ1n) is 55.2. The zero-order valence-corrected chi connectivity index (χ0v) is 65.2. The smallest absolute Gasteiger partial charge is 0.254 e. The van der Waals surface area contributed by atoms with Crippen LogP contribution in [0.3, 0.4) is 0 Å². The third-order valence-corrected chi connectivity index (χ3v) is 19.4. The van der Waals surface area contributed by atoms with Gasteiger partial charge in [-0.25, -0.2) is 24.9 Å². The van der Waals surface area contributed by atoms with Gasteiger partial charge in [0.25, 0.3) is 29.5 Å². The summed E-state index contributed by atoms with van der Waals surface area (Å²) in [5.74, 6) is -5.36. The standard InChI is InChI=1S/5C16H27N5O2/c5*1-9-5-6-10(7-12(9)22)19-14-11(13(17)23)8-18-15(20-14)21-16(2,3)4/h5*8-10,12,22H,5-7H2,1-4H3,(H2,17,23)(H2,18,19,20,21)/i2D3,3D3,4D3;2D2,3D3,4D3;2D,3D3,4D3;2D3,3D3;2D2,3D3. The summed E-state index contributed by atoms with van der Waals surface area (Å²) < 4.78 is 268. The summed E-state index contributed by atoms with van der Waals surface area (Å²) in [6.45, 7) is -24.8. The number of nitrogens with zero attached hydrogens (tertiary/aromatic N) is 10. The molecule has 5 saturated carbocycles. The van der Waals surface area contributed by atoms with Crippen molar-refractivity contribution in [3.05, 3.63) is 58.8 Å². The summed E-state index contributed by atoms with van der Waals surface area (Å²) in [5.41, 5.74) is 13.3. The molecule has 5 amide bonds. The molecule has 5 aliphatic rings. The number of hydrogen-bond acceptors (Lipinski definition) is 30. The number of aliphatic hydroxyl groups excluding tert-OH is 5. The van der Waals surface area contributed by atoms with Gasteiger partial charge >= 0.3 is 0 Å². The number of primary amides is 5. The van der Waals surface area contributed by atoms with Crippen molar-refractivity contribution in [3.8, 4) is 0 Å². The maximum absolute atomic E-state index is 11.8. The summed E-state index contributed by atoms with van der Waals surface area (Å²) in [4.78, 5) is 98.5. The van der Waals surface area contributed by atoms with E-state index in [0.29, 0.717) is 57.8 Å². The zero-order valence-electron chi connectivity index (χ0n) is 100. The number of carbonyl (C=O) groups excluding carboxylic acids is 5. The number of nitrogens with two attached hydrogens (primary N) is 5. The molecule has 16 unspecified atom stereocenters. The maximum atomic E-state index is 11.8. The minimum atomic E-state index is -3.51. The molecule has 5 aromatic rings. The van der Waals surface area contributed by atoms with E-state index in [-0.39, 0.29) is 135 Å². The molecule has 0 aliphatic heterocycles. The summed E-state index contributed by atoms with van der Waals surface area (Å²) in [6, 6.07) is -1.11. The van der Waals surface area contributed by atoms with Crippen LogP contribution in [0.15, 0.2) is 31.0 Å². The van der Waals surface area contributed by atoms with Gasteiger partial charge in [0.1, 0.15) is 29.1 Å². The van der Waals surface area contributed by atoms with E-state index in [2.05, 4.69) is 97.7 Å². The predicted octanol–water partition coefficient (Wildman–Crippen LogP) is 8.74. The fourth-order valence-electron chi connectivity index (χ4n) is 12.8. The summed E-state index contributed by atoms with van der Waals surface area (Å²) >= 11 is 0. The lowest BCUT2D eigenvalue weighted by Crippen LogP contribution is -2.36. The van der Waals surface area contributed by atoms with Gasteiger partial charge in [-0.1, -0.05) is 34.6 Å². The van der Waals surface area contributed by atoms with Crippen molar-refractivity contribution < 1.29 is 97.5 Å². The van der Waals surface area contributed by atoms with Gasteiger partial charge in [0.05, 0.1) is 58.3 Å². The number of aromatic nitrogens is 10. The largest absolute Gasteiger partial charge is 0.393 e. The quantitative estimate of drug-likeness (QED) is 0.0346. The van der Waals surface area contributed by atoms with E-state index < -0.39 is 189 Å². The highest BCUT2D eigenvalue weighted by atomic mass is 16.3. The van der Waals surface area contributed by atoms with E-state index >= 15 is 0 Å². The summed E-state index contributed by atoms with van der Waals surface area (Å²) in [7, 11) is 0. The van der Waals surface area contributed by atoms with Crippen molar-refractivity contribution in [2.45, 2.75) is 322 Å². The molecule has 10 rings (SSSR count). The number of rotatable bonds is 20. The second-order valence-electron chi connectivity index (χ2n) is 30.5. The van der Waals surface area contributed by atoms with Crippen LogP contribution in [0.1, 0.15) is 334 Å². The molecule has 25 N–H and O–H groups in total. The molecule has 640 valence electrons. The van der Waals surface area contributed by atoms with E-state index in [1.54, 1.807) is 0 Å². The van der Waals surface area contributed by atoms with E-state index in [0.717, 1.165) is 70.2 Å². The van der Waals surface area contributed by atoms with Gasteiger partial charge in [-0.3, -0.25) is 24.0 Å². The van der Waals surface area contributed by atoms with Crippen LogP contribution in [-0.4, -0.2) is 193 Å². The van der Waals surface area contributed by atoms with Crippen LogP contribution in [0.25, 0.3) is 0 Å². The average Bonchev–Trinajstić information content (AvgIpc) is 0.719. The molecule has 35 nitrogen and oxygen atoms in total. The Morgan fingerprint density at radius 1 is 0.322 bits per heavy atom. The Kier molecular flexibility index (Phi) is 19.4. The molecule has 0 radical (unpaired) electrons. The molecule has 115 heavy (non-hydrogen) atoms. The molecular formula is C80H135N25O10. The Morgan fingerprint density at radius 2 is 0.522 bits per heavy atom. The molecule has 5 fully saturated rings. The van der Waals surface area contributed by atoms with Crippen LogP contribution in [-0.2, 0) is 0 Å². The maximum Gasteiger partial charge on any atom is 0.254 e.